The molecule has 0 N–H and O–H groups in total. The van der Waals surface area contributed by atoms with Crippen LogP contribution in [0.15, 0.2) is 23.1 Å². The maximum atomic E-state index is 12.5. The molecular formula is C13H19ClN2O2S. The van der Waals surface area contributed by atoms with Crippen LogP contribution in [-0.2, 0) is 15.9 Å². The topological polar surface area (TPSA) is 40.6 Å². The van der Waals surface area contributed by atoms with E-state index < -0.39 is 10.0 Å². The first-order valence-electron chi connectivity index (χ1n) is 6.29. The minimum absolute atomic E-state index is 0.364. The minimum atomic E-state index is -3.37. The summed E-state index contributed by atoms with van der Waals surface area (Å²) < 4.78 is 26.6. The largest absolute Gasteiger partial charge is 0.304 e. The third-order valence-corrected chi connectivity index (χ3v) is 5.74. The van der Waals surface area contributed by atoms with Gasteiger partial charge in [0.05, 0.1) is 4.90 Å². The second-order valence-electron chi connectivity index (χ2n) is 4.93. The Kier molecular flexibility index (Phi) is 4.50. The average Bonchev–Trinajstić information content (AvgIpc) is 2.39. The first-order chi connectivity index (χ1) is 8.95. The Hall–Kier alpha value is -0.620. The maximum Gasteiger partial charge on any atom is 0.243 e. The third kappa shape index (κ3) is 3.11. The summed E-state index contributed by atoms with van der Waals surface area (Å²) in [5.41, 5.74) is 1.89. The number of benzene rings is 1. The fraction of sp³-hybridized carbons (Fsp3) is 0.538. The first kappa shape index (κ1) is 14.8. The van der Waals surface area contributed by atoms with Crippen LogP contribution in [0.1, 0.15) is 11.1 Å². The molecule has 6 heteroatoms. The molecule has 1 heterocycles. The van der Waals surface area contributed by atoms with Crippen LogP contribution in [0.5, 0.6) is 0 Å². The van der Waals surface area contributed by atoms with Crippen molar-refractivity contribution in [1.82, 2.24) is 9.21 Å². The summed E-state index contributed by atoms with van der Waals surface area (Å²) in [5, 5.41) is 0. The van der Waals surface area contributed by atoms with E-state index in [-0.39, 0.29) is 0 Å². The van der Waals surface area contributed by atoms with Gasteiger partial charge in [-0.1, -0.05) is 6.07 Å². The minimum Gasteiger partial charge on any atom is -0.304 e. The number of aryl methyl sites for hydroxylation is 1. The maximum absolute atomic E-state index is 12.5. The van der Waals surface area contributed by atoms with Crippen molar-refractivity contribution in [3.05, 3.63) is 29.3 Å². The monoisotopic (exact) mass is 302 g/mol. The van der Waals surface area contributed by atoms with Gasteiger partial charge in [0.25, 0.3) is 0 Å². The molecule has 1 fully saturated rings. The molecule has 0 radical (unpaired) electrons. The molecule has 0 unspecified atom stereocenters. The molecule has 19 heavy (non-hydrogen) atoms. The summed E-state index contributed by atoms with van der Waals surface area (Å²) >= 11 is 5.80. The Morgan fingerprint density at radius 1 is 1.21 bits per heavy atom. The van der Waals surface area contributed by atoms with Gasteiger partial charge in [-0.15, -0.1) is 11.6 Å². The molecule has 0 aromatic heterocycles. The van der Waals surface area contributed by atoms with Crippen LogP contribution in [0.2, 0.25) is 0 Å². The number of rotatable bonds is 3. The smallest absolute Gasteiger partial charge is 0.243 e. The van der Waals surface area contributed by atoms with Gasteiger partial charge in [0.1, 0.15) is 0 Å². The highest BCUT2D eigenvalue weighted by atomic mass is 35.5. The molecule has 0 aliphatic carbocycles. The molecule has 106 valence electrons. The number of alkyl halides is 1. The van der Waals surface area contributed by atoms with Crippen molar-refractivity contribution in [3.63, 3.8) is 0 Å². The second kappa shape index (κ2) is 5.79. The summed E-state index contributed by atoms with van der Waals surface area (Å²) in [7, 11) is -1.37. The van der Waals surface area contributed by atoms with Crippen molar-refractivity contribution in [1.29, 1.82) is 0 Å². The van der Waals surface area contributed by atoms with E-state index in [2.05, 4.69) is 4.90 Å². The summed E-state index contributed by atoms with van der Waals surface area (Å²) in [4.78, 5) is 2.50. The highest BCUT2D eigenvalue weighted by Crippen LogP contribution is 2.21. The van der Waals surface area contributed by atoms with Gasteiger partial charge >= 0.3 is 0 Å². The molecule has 0 saturated carbocycles. The van der Waals surface area contributed by atoms with E-state index >= 15 is 0 Å². The molecular weight excluding hydrogens is 284 g/mol. The van der Waals surface area contributed by atoms with Gasteiger partial charge in [0, 0.05) is 32.1 Å². The van der Waals surface area contributed by atoms with E-state index in [4.69, 9.17) is 11.6 Å². The predicted octanol–water partition coefficient (Wildman–Crippen LogP) is 1.67. The van der Waals surface area contributed by atoms with Crippen molar-refractivity contribution in [2.45, 2.75) is 17.7 Å². The van der Waals surface area contributed by atoms with Gasteiger partial charge in [0.2, 0.25) is 10.0 Å². The van der Waals surface area contributed by atoms with Crippen molar-refractivity contribution in [3.8, 4) is 0 Å². The molecule has 1 aliphatic heterocycles. The Bertz CT molecular complexity index is 552. The van der Waals surface area contributed by atoms with Crippen molar-refractivity contribution < 1.29 is 8.42 Å². The number of halogens is 1. The number of piperazine rings is 1. The number of sulfonamides is 1. The Morgan fingerprint density at radius 3 is 2.37 bits per heavy atom. The second-order valence-corrected chi connectivity index (χ2v) is 7.13. The Morgan fingerprint density at radius 2 is 1.84 bits per heavy atom. The molecule has 1 aliphatic rings. The lowest BCUT2D eigenvalue weighted by molar-refractivity contribution is 0.222. The summed E-state index contributed by atoms with van der Waals surface area (Å²) in [6, 6.07) is 5.16. The van der Waals surface area contributed by atoms with Crippen molar-refractivity contribution in [2.75, 3.05) is 33.2 Å². The van der Waals surface area contributed by atoms with Gasteiger partial charge in [-0.2, -0.15) is 4.31 Å². The summed E-state index contributed by atoms with van der Waals surface area (Å²) in [6.45, 7) is 4.54. The lowest BCUT2D eigenvalue weighted by Gasteiger charge is -2.31. The number of hydrogen-bond donors (Lipinski definition) is 0. The van der Waals surface area contributed by atoms with Crippen molar-refractivity contribution >= 4 is 21.6 Å². The standard InChI is InChI=1S/C13H19ClN2O2S/c1-11-9-13(4-3-12(11)10-14)19(17,18)16-7-5-15(2)6-8-16/h3-4,9H,5-8,10H2,1-2H3. The summed E-state index contributed by atoms with van der Waals surface area (Å²) in [5.74, 6) is 0.403. The van der Waals surface area contributed by atoms with E-state index in [0.717, 1.165) is 24.2 Å². The molecule has 0 bridgehead atoms. The first-order valence-corrected chi connectivity index (χ1v) is 8.27. The molecule has 1 aromatic carbocycles. The Balaban J connectivity index is 2.27. The van der Waals surface area contributed by atoms with Crippen LogP contribution in [0.3, 0.4) is 0 Å². The van der Waals surface area contributed by atoms with Gasteiger partial charge in [0.15, 0.2) is 0 Å². The Labute approximate surface area is 120 Å². The van der Waals surface area contributed by atoms with E-state index in [1.165, 1.54) is 0 Å². The lowest BCUT2D eigenvalue weighted by atomic mass is 10.1. The number of hydrogen-bond acceptors (Lipinski definition) is 3. The van der Waals surface area contributed by atoms with Crippen LogP contribution in [0.4, 0.5) is 0 Å². The van der Waals surface area contributed by atoms with Crippen LogP contribution < -0.4 is 0 Å². The summed E-state index contributed by atoms with van der Waals surface area (Å²) in [6.07, 6.45) is 0. The highest BCUT2D eigenvalue weighted by Gasteiger charge is 2.27. The highest BCUT2D eigenvalue weighted by molar-refractivity contribution is 7.89. The van der Waals surface area contributed by atoms with Gasteiger partial charge in [-0.05, 0) is 37.2 Å². The van der Waals surface area contributed by atoms with Crippen LogP contribution in [0, 0.1) is 6.92 Å². The molecule has 0 spiro atoms. The van der Waals surface area contributed by atoms with E-state index in [1.807, 2.05) is 14.0 Å². The van der Waals surface area contributed by atoms with Crippen LogP contribution >= 0.6 is 11.6 Å². The van der Waals surface area contributed by atoms with Gasteiger partial charge in [-0.3, -0.25) is 0 Å². The molecule has 0 atom stereocenters. The zero-order chi connectivity index (χ0) is 14.0. The van der Waals surface area contributed by atoms with E-state index in [9.17, 15) is 8.42 Å². The molecule has 0 amide bonds. The molecule has 2 rings (SSSR count). The molecule has 4 nitrogen and oxygen atoms in total. The van der Waals surface area contributed by atoms with Gasteiger partial charge in [-0.25, -0.2) is 8.42 Å². The zero-order valence-electron chi connectivity index (χ0n) is 11.3. The van der Waals surface area contributed by atoms with Gasteiger partial charge < -0.3 is 4.90 Å². The normalized spacial score (nSPS) is 18.7. The fourth-order valence-corrected chi connectivity index (χ4v) is 3.96. The predicted molar refractivity (Wildman–Crippen MR) is 77.0 cm³/mol. The lowest BCUT2D eigenvalue weighted by Crippen LogP contribution is -2.47. The van der Waals surface area contributed by atoms with Crippen LogP contribution in [-0.4, -0.2) is 50.8 Å². The average molecular weight is 303 g/mol. The molecule has 1 aromatic rings. The molecule has 1 saturated heterocycles. The van der Waals surface area contributed by atoms with Crippen LogP contribution in [0.25, 0.3) is 0 Å². The third-order valence-electron chi connectivity index (χ3n) is 3.56. The number of nitrogens with zero attached hydrogens (tertiary/aromatic N) is 2. The van der Waals surface area contributed by atoms with E-state index in [1.54, 1.807) is 22.5 Å². The number of likely N-dealkylation sites (N-methyl/N-ethyl adjacent to an activating group) is 1. The fourth-order valence-electron chi connectivity index (χ4n) is 2.16. The SMILES string of the molecule is Cc1cc(S(=O)(=O)N2CCN(C)CC2)ccc1CCl. The zero-order valence-corrected chi connectivity index (χ0v) is 12.8. The quantitative estimate of drug-likeness (QED) is 0.798. The van der Waals surface area contributed by atoms with E-state index in [0.29, 0.717) is 23.9 Å². The van der Waals surface area contributed by atoms with Crippen molar-refractivity contribution in [2.24, 2.45) is 0 Å².